The average molecular weight is 843 g/mol. The second kappa shape index (κ2) is 18.4. The van der Waals surface area contributed by atoms with Crippen molar-refractivity contribution < 1.29 is 22.3 Å². The minimum absolute atomic E-state index is 0.194. The van der Waals surface area contributed by atoms with Crippen molar-refractivity contribution in [1.29, 1.82) is 0 Å². The van der Waals surface area contributed by atoms with Crippen LogP contribution >= 0.6 is 34.5 Å². The normalized spacial score (nSPS) is 12.2. The number of hydrogen-bond acceptors (Lipinski definition) is 4. The fourth-order valence-corrected chi connectivity index (χ4v) is 12.0. The van der Waals surface area contributed by atoms with E-state index in [0.717, 1.165) is 66.0 Å². The van der Waals surface area contributed by atoms with E-state index in [9.17, 15) is 9.13 Å². The molecular formula is C45H39Cl2FeN3O2P2. The van der Waals surface area contributed by atoms with E-state index in [1.165, 1.54) is 0 Å². The molecule has 5 nitrogen and oxygen atoms in total. The molecule has 0 radical (unpaired) electrons. The fraction of sp³-hybridized carbons (Fsp3) is 0.0667. The van der Waals surface area contributed by atoms with Crippen LogP contribution in [-0.4, -0.2) is 16.0 Å². The van der Waals surface area contributed by atoms with Gasteiger partial charge in [0.15, 0.2) is 14.3 Å². The molecule has 0 fully saturated rings. The topological polar surface area (TPSA) is 63.8 Å². The van der Waals surface area contributed by atoms with E-state index in [1.54, 1.807) is 0 Å². The number of nitrogens with zero attached hydrogens (tertiary/aromatic N) is 3. The molecule has 1 heterocycles. The molecule has 0 aliphatic rings. The number of aliphatic imine (C=N–C) groups is 2. The summed E-state index contributed by atoms with van der Waals surface area (Å²) in [6.45, 7) is 3.99. The van der Waals surface area contributed by atoms with Gasteiger partial charge in [0, 0.05) is 38.9 Å². The second-order valence-corrected chi connectivity index (χ2v) is 20.1. The molecule has 0 unspecified atom stereocenters. The van der Waals surface area contributed by atoms with Gasteiger partial charge in [-0.3, -0.25) is 9.98 Å². The molecule has 55 heavy (non-hydrogen) atoms. The maximum atomic E-state index is 14.7. The average Bonchev–Trinajstić information content (AvgIpc) is 3.63. The van der Waals surface area contributed by atoms with Gasteiger partial charge in [-0.05, 0) is 74.5 Å². The number of hydrogen-bond donors (Lipinski definition) is 0. The van der Waals surface area contributed by atoms with E-state index in [0.29, 0.717) is 0 Å². The van der Waals surface area contributed by atoms with Crippen molar-refractivity contribution in [1.82, 2.24) is 4.57 Å². The summed E-state index contributed by atoms with van der Waals surface area (Å²) < 4.78 is 31.6. The minimum atomic E-state index is -3.05. The Labute approximate surface area is 338 Å². The monoisotopic (exact) mass is 841 g/mol. The summed E-state index contributed by atoms with van der Waals surface area (Å²) in [5.74, 6) is 0. The summed E-state index contributed by atoms with van der Waals surface area (Å²) in [6, 6.07) is 58.3. The molecule has 278 valence electrons. The number of benzene rings is 6. The van der Waals surface area contributed by atoms with Crippen molar-refractivity contribution in [2.75, 3.05) is 0 Å². The van der Waals surface area contributed by atoms with Crippen LogP contribution in [0.4, 0.5) is 11.4 Å². The van der Waals surface area contributed by atoms with E-state index < -0.39 is 14.3 Å². The van der Waals surface area contributed by atoms with Crippen molar-refractivity contribution in [3.63, 3.8) is 0 Å². The van der Waals surface area contributed by atoms with Crippen LogP contribution in [0.2, 0.25) is 0 Å². The van der Waals surface area contributed by atoms with Gasteiger partial charge in [-0.1, -0.05) is 121 Å². The van der Waals surface area contributed by atoms with Crippen LogP contribution < -0.4 is 31.8 Å². The third-order valence-electron chi connectivity index (χ3n) is 9.36. The molecule has 10 heteroatoms. The van der Waals surface area contributed by atoms with Crippen LogP contribution in [0.1, 0.15) is 25.2 Å². The van der Waals surface area contributed by atoms with Crippen LogP contribution in [0.25, 0.3) is 0 Å². The standard InChI is InChI=1S/C45H39N3O2P2.2ClH.Fe/c1-34(46-36-24-28-42(29-25-36)51(49,38-16-8-4-9-17-38)39-18-10-5-11-19-39)44-32-33-45(48(44)3)35(2)47-37-26-30-43(31-27-37)52(50,40-20-12-6-13-21-40)41-22-14-7-15-23-41;;;/h4-33H,1-3H3;2*1H;/q;;;+2/p-2. The van der Waals surface area contributed by atoms with Gasteiger partial charge in [0.1, 0.15) is 0 Å². The van der Waals surface area contributed by atoms with Crippen molar-refractivity contribution in [3.8, 4) is 0 Å². The molecule has 0 spiro atoms. The van der Waals surface area contributed by atoms with Crippen molar-refractivity contribution in [3.05, 3.63) is 193 Å². The first-order chi connectivity index (χ1) is 26.7. The molecule has 0 amide bonds. The number of rotatable bonds is 10. The molecule has 0 saturated carbocycles. The molecular weight excluding hydrogens is 803 g/mol. The zero-order valence-electron chi connectivity index (χ0n) is 30.5. The Bertz CT molecular complexity index is 2230. The van der Waals surface area contributed by atoms with Crippen molar-refractivity contribution >= 4 is 89.1 Å². The van der Waals surface area contributed by atoms with Gasteiger partial charge >= 0.3 is 33.3 Å². The van der Waals surface area contributed by atoms with Gasteiger partial charge in [0.2, 0.25) is 0 Å². The Morgan fingerprint density at radius 1 is 0.436 bits per heavy atom. The van der Waals surface area contributed by atoms with E-state index in [4.69, 9.17) is 30.2 Å². The Hall–Kier alpha value is -4.50. The van der Waals surface area contributed by atoms with Gasteiger partial charge in [0.25, 0.3) is 0 Å². The van der Waals surface area contributed by atoms with Crippen molar-refractivity contribution in [2.24, 2.45) is 17.0 Å². The number of aromatic nitrogens is 1. The SMILES string of the molecule is CC(=Nc1ccc(P(=O)(c2ccccc2)c2ccccc2)cc1)c1ccc(C(C)=Nc2ccc(P(=O)(c3ccccc3)c3ccccc3)cc2)n1C.[Cl][Fe][Cl]. The van der Waals surface area contributed by atoms with E-state index >= 15 is 0 Å². The molecule has 0 saturated heterocycles. The van der Waals surface area contributed by atoms with E-state index in [-0.39, 0.29) is 13.1 Å². The van der Waals surface area contributed by atoms with Crippen LogP contribution in [0.15, 0.2) is 192 Å². The quantitative estimate of drug-likeness (QED) is 0.0783. The molecule has 0 N–H and O–H groups in total. The van der Waals surface area contributed by atoms with Gasteiger partial charge in [-0.2, -0.15) is 0 Å². The first kappa shape index (κ1) is 40.2. The molecule has 7 aromatic rings. The third-order valence-corrected chi connectivity index (χ3v) is 15.5. The fourth-order valence-electron chi connectivity index (χ4n) is 6.66. The molecule has 7 rings (SSSR count). The van der Waals surface area contributed by atoms with E-state index in [2.05, 4.69) is 16.7 Å². The third kappa shape index (κ3) is 8.82. The first-order valence-corrected chi connectivity index (χ1v) is 23.9. The predicted octanol–water partition coefficient (Wildman–Crippen LogP) is 9.96. The van der Waals surface area contributed by atoms with Crippen LogP contribution in [0, 0.1) is 0 Å². The summed E-state index contributed by atoms with van der Waals surface area (Å²) in [7, 11) is 5.44. The Morgan fingerprint density at radius 2 is 0.673 bits per heavy atom. The van der Waals surface area contributed by atoms with Gasteiger partial charge < -0.3 is 13.7 Å². The summed E-state index contributed by atoms with van der Waals surface area (Å²) >= 11 is 0.194. The molecule has 0 atom stereocenters. The zero-order chi connectivity index (χ0) is 38.8. The Kier molecular flexibility index (Phi) is 13.5. The molecule has 0 aliphatic carbocycles. The summed E-state index contributed by atoms with van der Waals surface area (Å²) in [4.78, 5) is 9.88. The summed E-state index contributed by atoms with van der Waals surface area (Å²) in [6.07, 6.45) is 0. The molecule has 6 aromatic carbocycles. The zero-order valence-corrected chi connectivity index (χ0v) is 34.9. The van der Waals surface area contributed by atoms with Crippen LogP contribution in [0.5, 0.6) is 0 Å². The molecule has 0 aliphatic heterocycles. The number of halogens is 2. The molecule has 1 aromatic heterocycles. The Balaban J connectivity index is 0.00000166. The molecule has 0 bridgehead atoms. The van der Waals surface area contributed by atoms with Crippen LogP contribution in [0.3, 0.4) is 0 Å². The Morgan fingerprint density at radius 3 is 0.927 bits per heavy atom. The van der Waals surface area contributed by atoms with Gasteiger partial charge in [-0.15, -0.1) is 0 Å². The van der Waals surface area contributed by atoms with Crippen molar-refractivity contribution in [2.45, 2.75) is 13.8 Å². The van der Waals surface area contributed by atoms with Gasteiger partial charge in [0.05, 0.1) is 34.2 Å². The maximum absolute atomic E-state index is 14.7. The summed E-state index contributed by atoms with van der Waals surface area (Å²) in [5, 5.41) is 4.75. The van der Waals surface area contributed by atoms with E-state index in [1.807, 2.05) is 191 Å². The second-order valence-electron chi connectivity index (χ2n) is 12.7. The van der Waals surface area contributed by atoms with Gasteiger partial charge in [-0.25, -0.2) is 0 Å². The van der Waals surface area contributed by atoms with Crippen LogP contribution in [-0.2, 0) is 29.3 Å². The summed E-state index contributed by atoms with van der Waals surface area (Å²) in [5.41, 5.74) is 5.21. The predicted molar refractivity (Wildman–Crippen MR) is 233 cm³/mol. The first-order valence-electron chi connectivity index (χ1n) is 17.5.